The fourth-order valence-corrected chi connectivity index (χ4v) is 2.13. The average molecular weight is 141 g/mol. The molecular weight excluding hydrogens is 126 g/mol. The molecule has 1 aliphatic heterocycles. The van der Waals surface area contributed by atoms with E-state index in [9.17, 15) is 5.11 Å². The van der Waals surface area contributed by atoms with Gasteiger partial charge in [0, 0.05) is 0 Å². The highest BCUT2D eigenvalue weighted by Crippen LogP contribution is 2.33. The highest BCUT2D eigenvalue weighted by molar-refractivity contribution is 4.88. The Morgan fingerprint density at radius 3 is 2.40 bits per heavy atom. The van der Waals surface area contributed by atoms with E-state index < -0.39 is 0 Å². The number of aliphatic hydroxyl groups is 1. The molecule has 0 unspecified atom stereocenters. The van der Waals surface area contributed by atoms with Gasteiger partial charge in [0.05, 0.1) is 6.10 Å². The Hall–Kier alpha value is -0.0800. The summed E-state index contributed by atoms with van der Waals surface area (Å²) >= 11 is 0. The normalized spacial score (nSPS) is 41.7. The van der Waals surface area contributed by atoms with Crippen molar-refractivity contribution in [3.63, 3.8) is 0 Å². The zero-order chi connectivity index (χ0) is 6.97. The van der Waals surface area contributed by atoms with Crippen LogP contribution >= 0.6 is 0 Å². The molecule has 1 aliphatic carbocycles. The fourth-order valence-electron chi connectivity index (χ4n) is 2.13. The highest BCUT2D eigenvalue weighted by atomic mass is 16.3. The van der Waals surface area contributed by atoms with Crippen LogP contribution in [0.1, 0.15) is 19.3 Å². The molecule has 0 aromatic carbocycles. The molecule has 0 spiro atoms. The fraction of sp³-hybridized carbons (Fsp3) is 1.00. The van der Waals surface area contributed by atoms with E-state index >= 15 is 0 Å². The first kappa shape index (κ1) is 6.62. The van der Waals surface area contributed by atoms with Gasteiger partial charge < -0.3 is 10.4 Å². The van der Waals surface area contributed by atoms with Gasteiger partial charge >= 0.3 is 0 Å². The summed E-state index contributed by atoms with van der Waals surface area (Å²) in [6, 6.07) is 0. The average Bonchev–Trinajstić information content (AvgIpc) is 2.12. The maximum absolute atomic E-state index is 9.50. The van der Waals surface area contributed by atoms with Crippen molar-refractivity contribution in [2.24, 2.45) is 11.8 Å². The highest BCUT2D eigenvalue weighted by Gasteiger charge is 2.35. The van der Waals surface area contributed by atoms with E-state index in [1.165, 1.54) is 12.8 Å². The molecule has 10 heavy (non-hydrogen) atoms. The number of nitrogens with one attached hydrogen (secondary N) is 1. The zero-order valence-electron chi connectivity index (χ0n) is 6.21. The molecule has 2 nitrogen and oxygen atoms in total. The first-order chi connectivity index (χ1) is 4.88. The van der Waals surface area contributed by atoms with Crippen molar-refractivity contribution in [1.82, 2.24) is 5.32 Å². The Balaban J connectivity index is 1.90. The third-order valence-corrected chi connectivity index (χ3v) is 2.95. The van der Waals surface area contributed by atoms with Crippen molar-refractivity contribution in [2.45, 2.75) is 25.4 Å². The van der Waals surface area contributed by atoms with Crippen molar-refractivity contribution < 1.29 is 5.11 Å². The van der Waals surface area contributed by atoms with Gasteiger partial charge in [0.2, 0.25) is 0 Å². The van der Waals surface area contributed by atoms with Crippen molar-refractivity contribution in [3.8, 4) is 0 Å². The molecule has 0 radical (unpaired) electrons. The maximum Gasteiger partial charge on any atom is 0.0572 e. The molecule has 0 aromatic rings. The van der Waals surface area contributed by atoms with Crippen molar-refractivity contribution in [2.75, 3.05) is 13.1 Å². The van der Waals surface area contributed by atoms with Gasteiger partial charge in [-0.15, -0.1) is 0 Å². The molecule has 2 rings (SSSR count). The van der Waals surface area contributed by atoms with E-state index in [1.807, 2.05) is 0 Å². The lowest BCUT2D eigenvalue weighted by atomic mass is 9.85. The topological polar surface area (TPSA) is 32.3 Å². The molecule has 1 saturated carbocycles. The first-order valence-electron chi connectivity index (χ1n) is 4.26. The second-order valence-electron chi connectivity index (χ2n) is 3.58. The Morgan fingerprint density at radius 2 is 2.00 bits per heavy atom. The number of hydrogen-bond donors (Lipinski definition) is 2. The molecule has 2 atom stereocenters. The van der Waals surface area contributed by atoms with Gasteiger partial charge in [0.1, 0.15) is 0 Å². The van der Waals surface area contributed by atoms with Crippen LogP contribution in [0.4, 0.5) is 0 Å². The second-order valence-corrected chi connectivity index (χ2v) is 3.58. The number of hydrogen-bond acceptors (Lipinski definition) is 2. The van der Waals surface area contributed by atoms with Crippen molar-refractivity contribution >= 4 is 0 Å². The van der Waals surface area contributed by atoms with E-state index in [4.69, 9.17) is 0 Å². The van der Waals surface area contributed by atoms with Crippen LogP contribution < -0.4 is 5.32 Å². The number of aliphatic hydroxyl groups excluding tert-OH is 1. The van der Waals surface area contributed by atoms with Crippen LogP contribution in [0.5, 0.6) is 0 Å². The maximum atomic E-state index is 9.50. The molecule has 0 amide bonds. The lowest BCUT2D eigenvalue weighted by Gasteiger charge is -2.34. The summed E-state index contributed by atoms with van der Waals surface area (Å²) < 4.78 is 0. The Kier molecular flexibility index (Phi) is 1.66. The van der Waals surface area contributed by atoms with Crippen LogP contribution in [0.3, 0.4) is 0 Å². The summed E-state index contributed by atoms with van der Waals surface area (Å²) in [7, 11) is 0. The molecule has 1 saturated heterocycles. The molecule has 2 aliphatic rings. The summed E-state index contributed by atoms with van der Waals surface area (Å²) in [5.74, 6) is 1.42. The minimum Gasteiger partial charge on any atom is -0.393 e. The smallest absolute Gasteiger partial charge is 0.0572 e. The second kappa shape index (κ2) is 2.51. The van der Waals surface area contributed by atoms with Gasteiger partial charge in [-0.3, -0.25) is 0 Å². The molecule has 58 valence electrons. The molecule has 0 bridgehead atoms. The third-order valence-electron chi connectivity index (χ3n) is 2.95. The van der Waals surface area contributed by atoms with Crippen LogP contribution in [-0.4, -0.2) is 24.3 Å². The molecule has 0 aromatic heterocycles. The van der Waals surface area contributed by atoms with Crippen LogP contribution in [0.2, 0.25) is 0 Å². The van der Waals surface area contributed by atoms with Gasteiger partial charge in [-0.25, -0.2) is 0 Å². The van der Waals surface area contributed by atoms with E-state index in [2.05, 4.69) is 5.32 Å². The van der Waals surface area contributed by atoms with Gasteiger partial charge in [0.15, 0.2) is 0 Å². The Bertz CT molecular complexity index is 122. The van der Waals surface area contributed by atoms with Crippen molar-refractivity contribution in [3.05, 3.63) is 0 Å². The Labute approximate surface area is 61.6 Å². The predicted molar refractivity (Wildman–Crippen MR) is 39.7 cm³/mol. The summed E-state index contributed by atoms with van der Waals surface area (Å²) in [6.45, 7) is 2.28. The summed E-state index contributed by atoms with van der Waals surface area (Å²) in [5.41, 5.74) is 0. The Morgan fingerprint density at radius 1 is 1.20 bits per heavy atom. The summed E-state index contributed by atoms with van der Waals surface area (Å²) in [5, 5.41) is 12.7. The van der Waals surface area contributed by atoms with Crippen LogP contribution in [-0.2, 0) is 0 Å². The van der Waals surface area contributed by atoms with Crippen LogP contribution in [0.25, 0.3) is 0 Å². The van der Waals surface area contributed by atoms with Crippen molar-refractivity contribution in [1.29, 1.82) is 0 Å². The number of rotatable bonds is 1. The lowest BCUT2D eigenvalue weighted by molar-refractivity contribution is 0.0776. The van der Waals surface area contributed by atoms with Gasteiger partial charge in [-0.1, -0.05) is 6.42 Å². The summed E-state index contributed by atoms with van der Waals surface area (Å²) in [6.07, 6.45) is 3.56. The molecule has 2 heteroatoms. The minimum atomic E-state index is 0.0205. The minimum absolute atomic E-state index is 0.0205. The van der Waals surface area contributed by atoms with E-state index in [-0.39, 0.29) is 6.10 Å². The predicted octanol–water partition coefficient (Wildman–Crippen LogP) is 0.367. The van der Waals surface area contributed by atoms with E-state index in [0.29, 0.717) is 5.92 Å². The zero-order valence-corrected chi connectivity index (χ0v) is 6.21. The van der Waals surface area contributed by atoms with Gasteiger partial charge in [0.25, 0.3) is 0 Å². The van der Waals surface area contributed by atoms with E-state index in [0.717, 1.165) is 25.4 Å². The molecule has 2 N–H and O–H groups in total. The van der Waals surface area contributed by atoms with Gasteiger partial charge in [-0.2, -0.15) is 0 Å². The lowest BCUT2D eigenvalue weighted by Crippen LogP contribution is -2.47. The molecule has 2 fully saturated rings. The van der Waals surface area contributed by atoms with Crippen LogP contribution in [0, 0.1) is 11.8 Å². The standard InChI is InChI=1S/C8H15NO/c10-8-3-1-2-7(8)6-4-9-5-6/h6-10H,1-5H2/t7-,8+/m0/s1. The molecular formula is C8H15NO. The van der Waals surface area contributed by atoms with E-state index in [1.54, 1.807) is 0 Å². The summed E-state index contributed by atoms with van der Waals surface area (Å²) in [4.78, 5) is 0. The van der Waals surface area contributed by atoms with Crippen LogP contribution in [0.15, 0.2) is 0 Å². The SMILES string of the molecule is O[C@@H]1CCC[C@H]1C1CNC1. The quantitative estimate of drug-likeness (QED) is 0.553. The third kappa shape index (κ3) is 0.956. The first-order valence-corrected chi connectivity index (χ1v) is 4.26. The molecule has 1 heterocycles. The van der Waals surface area contributed by atoms with Gasteiger partial charge in [-0.05, 0) is 37.8 Å². The largest absolute Gasteiger partial charge is 0.393 e. The monoisotopic (exact) mass is 141 g/mol.